The summed E-state index contributed by atoms with van der Waals surface area (Å²) in [5.74, 6) is 0.169. The van der Waals surface area contributed by atoms with E-state index >= 15 is 0 Å². The van der Waals surface area contributed by atoms with Crippen LogP contribution in [-0.2, 0) is 9.53 Å². The van der Waals surface area contributed by atoms with Crippen LogP contribution in [0.4, 0.5) is 5.69 Å². The third-order valence-electron chi connectivity index (χ3n) is 5.28. The first-order valence-corrected chi connectivity index (χ1v) is 9.14. The SMILES string of the molecule is CC(NC(=O)C(N)C1CCOCC1)c1cccc(N2CCCC2)c1. The lowest BCUT2D eigenvalue weighted by Gasteiger charge is -2.28. The molecule has 5 nitrogen and oxygen atoms in total. The van der Waals surface area contributed by atoms with E-state index < -0.39 is 6.04 Å². The Kier molecular flexibility index (Phi) is 5.74. The van der Waals surface area contributed by atoms with Gasteiger partial charge in [-0.15, -0.1) is 0 Å². The third kappa shape index (κ3) is 4.08. The summed E-state index contributed by atoms with van der Waals surface area (Å²) in [5.41, 5.74) is 8.55. The number of carbonyl (C=O) groups is 1. The highest BCUT2D eigenvalue weighted by Crippen LogP contribution is 2.24. The van der Waals surface area contributed by atoms with Gasteiger partial charge in [-0.25, -0.2) is 0 Å². The summed E-state index contributed by atoms with van der Waals surface area (Å²) in [6, 6.07) is 8.01. The molecular weight excluding hydrogens is 302 g/mol. The van der Waals surface area contributed by atoms with Crippen LogP contribution in [0.15, 0.2) is 24.3 Å². The molecule has 2 atom stereocenters. The van der Waals surface area contributed by atoms with Crippen molar-refractivity contribution in [2.45, 2.75) is 44.7 Å². The number of nitrogens with zero attached hydrogens (tertiary/aromatic N) is 1. The van der Waals surface area contributed by atoms with Crippen LogP contribution in [0.3, 0.4) is 0 Å². The van der Waals surface area contributed by atoms with Gasteiger partial charge in [-0.3, -0.25) is 4.79 Å². The van der Waals surface area contributed by atoms with Gasteiger partial charge >= 0.3 is 0 Å². The molecule has 1 aromatic rings. The average Bonchev–Trinajstić information content (AvgIpc) is 3.16. The van der Waals surface area contributed by atoms with Gasteiger partial charge < -0.3 is 20.7 Å². The van der Waals surface area contributed by atoms with Gasteiger partial charge in [-0.05, 0) is 56.2 Å². The Morgan fingerprint density at radius 3 is 2.71 bits per heavy atom. The second-order valence-corrected chi connectivity index (χ2v) is 7.00. The first kappa shape index (κ1) is 17.2. The molecule has 2 fully saturated rings. The summed E-state index contributed by atoms with van der Waals surface area (Å²) in [6.07, 6.45) is 4.26. The van der Waals surface area contributed by atoms with Crippen molar-refractivity contribution in [3.05, 3.63) is 29.8 Å². The zero-order valence-electron chi connectivity index (χ0n) is 14.5. The van der Waals surface area contributed by atoms with Crippen molar-refractivity contribution in [2.75, 3.05) is 31.2 Å². The van der Waals surface area contributed by atoms with E-state index in [4.69, 9.17) is 10.5 Å². The van der Waals surface area contributed by atoms with E-state index in [0.29, 0.717) is 13.2 Å². The highest BCUT2D eigenvalue weighted by molar-refractivity contribution is 5.82. The number of rotatable bonds is 5. The van der Waals surface area contributed by atoms with Crippen molar-refractivity contribution in [1.29, 1.82) is 0 Å². The minimum Gasteiger partial charge on any atom is -0.381 e. The lowest BCUT2D eigenvalue weighted by molar-refractivity contribution is -0.125. The van der Waals surface area contributed by atoms with Gasteiger partial charge in [0.1, 0.15) is 0 Å². The molecule has 0 bridgehead atoms. The Labute approximate surface area is 144 Å². The molecule has 2 aliphatic heterocycles. The van der Waals surface area contributed by atoms with E-state index in [0.717, 1.165) is 31.5 Å². The van der Waals surface area contributed by atoms with Crippen molar-refractivity contribution in [2.24, 2.45) is 11.7 Å². The zero-order chi connectivity index (χ0) is 16.9. The van der Waals surface area contributed by atoms with E-state index in [1.165, 1.54) is 18.5 Å². The van der Waals surface area contributed by atoms with Gasteiger partial charge in [0.25, 0.3) is 0 Å². The molecular formula is C19H29N3O2. The zero-order valence-corrected chi connectivity index (χ0v) is 14.5. The van der Waals surface area contributed by atoms with Crippen LogP contribution >= 0.6 is 0 Å². The minimum atomic E-state index is -0.446. The Bertz CT molecular complexity index is 551. The molecule has 2 unspecified atom stereocenters. The van der Waals surface area contributed by atoms with Crippen molar-refractivity contribution >= 4 is 11.6 Å². The molecule has 24 heavy (non-hydrogen) atoms. The molecule has 2 aliphatic rings. The van der Waals surface area contributed by atoms with Gasteiger partial charge in [0.15, 0.2) is 0 Å². The van der Waals surface area contributed by atoms with E-state index in [1.54, 1.807) is 0 Å². The fourth-order valence-electron chi connectivity index (χ4n) is 3.65. The fourth-order valence-corrected chi connectivity index (χ4v) is 3.65. The molecule has 1 aromatic carbocycles. The summed E-state index contributed by atoms with van der Waals surface area (Å²) < 4.78 is 5.35. The Morgan fingerprint density at radius 2 is 2.00 bits per heavy atom. The molecule has 0 radical (unpaired) electrons. The fraction of sp³-hybridized carbons (Fsp3) is 0.632. The van der Waals surface area contributed by atoms with E-state index in [-0.39, 0.29) is 17.9 Å². The van der Waals surface area contributed by atoms with E-state index in [9.17, 15) is 4.79 Å². The molecule has 1 amide bonds. The second-order valence-electron chi connectivity index (χ2n) is 7.00. The number of nitrogens with one attached hydrogen (secondary N) is 1. The van der Waals surface area contributed by atoms with Crippen molar-refractivity contribution in [3.8, 4) is 0 Å². The highest BCUT2D eigenvalue weighted by Gasteiger charge is 2.27. The van der Waals surface area contributed by atoms with Crippen LogP contribution in [0.1, 0.15) is 44.2 Å². The maximum Gasteiger partial charge on any atom is 0.237 e. The van der Waals surface area contributed by atoms with Crippen molar-refractivity contribution < 1.29 is 9.53 Å². The number of nitrogens with two attached hydrogens (primary N) is 1. The third-order valence-corrected chi connectivity index (χ3v) is 5.28. The van der Waals surface area contributed by atoms with Gasteiger partial charge in [-0.1, -0.05) is 12.1 Å². The number of anilines is 1. The van der Waals surface area contributed by atoms with Crippen LogP contribution in [0.25, 0.3) is 0 Å². The Hall–Kier alpha value is -1.59. The maximum atomic E-state index is 12.5. The number of benzene rings is 1. The van der Waals surface area contributed by atoms with Crippen molar-refractivity contribution in [3.63, 3.8) is 0 Å². The molecule has 3 rings (SSSR count). The quantitative estimate of drug-likeness (QED) is 0.868. The van der Waals surface area contributed by atoms with Gasteiger partial charge in [0.05, 0.1) is 12.1 Å². The summed E-state index contributed by atoms with van der Waals surface area (Å²) in [4.78, 5) is 14.9. The maximum absolute atomic E-state index is 12.5. The molecule has 0 spiro atoms. The molecule has 2 heterocycles. The molecule has 0 saturated carbocycles. The summed E-state index contributed by atoms with van der Waals surface area (Å²) in [6.45, 7) is 5.69. The van der Waals surface area contributed by atoms with Crippen LogP contribution in [-0.4, -0.2) is 38.3 Å². The Balaban J connectivity index is 1.60. The van der Waals surface area contributed by atoms with Gasteiger partial charge in [-0.2, -0.15) is 0 Å². The molecule has 0 aromatic heterocycles. The van der Waals surface area contributed by atoms with Crippen LogP contribution in [0.2, 0.25) is 0 Å². The lowest BCUT2D eigenvalue weighted by atomic mass is 9.91. The predicted octanol–water partition coefficient (Wildman–Crippen LogP) is 2.22. The lowest BCUT2D eigenvalue weighted by Crippen LogP contribution is -2.47. The van der Waals surface area contributed by atoms with Crippen LogP contribution in [0.5, 0.6) is 0 Å². The number of ether oxygens (including phenoxy) is 1. The average molecular weight is 331 g/mol. The minimum absolute atomic E-state index is 0.0362. The predicted molar refractivity (Wildman–Crippen MR) is 96.0 cm³/mol. The molecule has 0 aliphatic carbocycles. The molecule has 5 heteroatoms. The first-order chi connectivity index (χ1) is 11.6. The normalized spacial score (nSPS) is 21.5. The number of hydrogen-bond donors (Lipinski definition) is 2. The number of carbonyl (C=O) groups excluding carboxylic acids is 1. The van der Waals surface area contributed by atoms with E-state index in [1.807, 2.05) is 6.92 Å². The monoisotopic (exact) mass is 331 g/mol. The molecule has 132 valence electrons. The van der Waals surface area contributed by atoms with Gasteiger partial charge in [0.2, 0.25) is 5.91 Å². The van der Waals surface area contributed by atoms with Crippen LogP contribution < -0.4 is 16.0 Å². The highest BCUT2D eigenvalue weighted by atomic mass is 16.5. The van der Waals surface area contributed by atoms with E-state index in [2.05, 4.69) is 34.5 Å². The summed E-state index contributed by atoms with van der Waals surface area (Å²) >= 11 is 0. The molecule has 2 saturated heterocycles. The number of hydrogen-bond acceptors (Lipinski definition) is 4. The smallest absolute Gasteiger partial charge is 0.237 e. The van der Waals surface area contributed by atoms with Crippen LogP contribution in [0, 0.1) is 5.92 Å². The largest absolute Gasteiger partial charge is 0.381 e. The standard InChI is InChI=1S/C19H29N3O2/c1-14(21-19(23)18(20)15-7-11-24-12-8-15)16-5-4-6-17(13-16)22-9-2-3-10-22/h4-6,13-15,18H,2-3,7-12,20H2,1H3,(H,21,23). The second kappa shape index (κ2) is 7.99. The van der Waals surface area contributed by atoms with Crippen molar-refractivity contribution in [1.82, 2.24) is 5.32 Å². The topological polar surface area (TPSA) is 67.6 Å². The van der Waals surface area contributed by atoms with Gasteiger partial charge in [0, 0.05) is 32.0 Å². The summed E-state index contributed by atoms with van der Waals surface area (Å²) in [5, 5.41) is 3.09. The first-order valence-electron chi connectivity index (χ1n) is 9.14. The summed E-state index contributed by atoms with van der Waals surface area (Å²) in [7, 11) is 0. The Morgan fingerprint density at radius 1 is 1.29 bits per heavy atom. The number of amides is 1. The molecule has 3 N–H and O–H groups in total.